The highest BCUT2D eigenvalue weighted by Crippen LogP contribution is 2.17. The van der Waals surface area contributed by atoms with Crippen LogP contribution in [0.5, 0.6) is 0 Å². The van der Waals surface area contributed by atoms with Crippen molar-refractivity contribution in [1.82, 2.24) is 15.1 Å². The lowest BCUT2D eigenvalue weighted by atomic mass is 10.0. The third-order valence-electron chi connectivity index (χ3n) is 4.29. The largest absolute Gasteiger partial charge is 0.352 e. The molecule has 0 spiro atoms. The van der Waals surface area contributed by atoms with Crippen LogP contribution in [0.25, 0.3) is 0 Å². The molecular weight excluding hydrogens is 288 g/mol. The number of rotatable bonds is 2. The smallest absolute Gasteiger partial charge is 0.254 e. The fourth-order valence-corrected chi connectivity index (χ4v) is 2.92. The molecule has 0 N–H and O–H groups in total. The normalized spacial score (nSPS) is 14.9. The number of carbonyl (C=O) groups is 1. The Balaban J connectivity index is 1.66. The van der Waals surface area contributed by atoms with Gasteiger partial charge >= 0.3 is 0 Å². The van der Waals surface area contributed by atoms with Crippen molar-refractivity contribution in [3.05, 3.63) is 52.7 Å². The summed E-state index contributed by atoms with van der Waals surface area (Å²) in [7, 11) is 0. The summed E-state index contributed by atoms with van der Waals surface area (Å²) in [5, 5.41) is 8.33. The molecule has 1 fully saturated rings. The minimum Gasteiger partial charge on any atom is -0.352 e. The number of benzene rings is 1. The number of aryl methyl sites for hydroxylation is 3. The summed E-state index contributed by atoms with van der Waals surface area (Å²) in [6, 6.07) is 9.95. The highest BCUT2D eigenvalue weighted by Gasteiger charge is 2.23. The number of aromatic nitrogens is 2. The number of hydrogen-bond donors (Lipinski definition) is 0. The quantitative estimate of drug-likeness (QED) is 0.854. The fraction of sp³-hybridized carbons (Fsp3) is 0.389. The van der Waals surface area contributed by atoms with Crippen LogP contribution in [0.1, 0.15) is 27.2 Å². The molecule has 23 heavy (non-hydrogen) atoms. The molecule has 0 atom stereocenters. The second-order valence-corrected chi connectivity index (χ2v) is 6.13. The van der Waals surface area contributed by atoms with Gasteiger partial charge in [0.2, 0.25) is 0 Å². The lowest BCUT2D eigenvalue weighted by Gasteiger charge is -2.35. The van der Waals surface area contributed by atoms with Gasteiger partial charge in [-0.05, 0) is 44.5 Å². The lowest BCUT2D eigenvalue weighted by molar-refractivity contribution is 0.0746. The zero-order chi connectivity index (χ0) is 16.4. The predicted molar refractivity (Wildman–Crippen MR) is 90.8 cm³/mol. The summed E-state index contributed by atoms with van der Waals surface area (Å²) in [4.78, 5) is 16.8. The van der Waals surface area contributed by atoms with Crippen molar-refractivity contribution in [3.8, 4) is 0 Å². The van der Waals surface area contributed by atoms with E-state index in [2.05, 4.69) is 21.2 Å². The molecule has 0 bridgehead atoms. The number of carbonyl (C=O) groups excluding carboxylic acids is 1. The number of amides is 1. The molecule has 120 valence electrons. The summed E-state index contributed by atoms with van der Waals surface area (Å²) in [6.07, 6.45) is 0. The van der Waals surface area contributed by atoms with E-state index >= 15 is 0 Å². The Hall–Kier alpha value is -2.43. The van der Waals surface area contributed by atoms with Gasteiger partial charge in [-0.3, -0.25) is 4.79 Å². The molecular formula is C18H22N4O. The third-order valence-corrected chi connectivity index (χ3v) is 4.29. The second-order valence-electron chi connectivity index (χ2n) is 6.13. The molecule has 1 aromatic carbocycles. The second kappa shape index (κ2) is 6.36. The van der Waals surface area contributed by atoms with Crippen molar-refractivity contribution < 1.29 is 4.79 Å². The zero-order valence-electron chi connectivity index (χ0n) is 13.9. The van der Waals surface area contributed by atoms with Crippen LogP contribution in [-0.2, 0) is 0 Å². The summed E-state index contributed by atoms with van der Waals surface area (Å²) in [5.41, 5.74) is 3.94. The number of nitrogens with zero attached hydrogens (tertiary/aromatic N) is 4. The Morgan fingerprint density at radius 1 is 0.957 bits per heavy atom. The van der Waals surface area contributed by atoms with E-state index in [1.807, 2.05) is 49.9 Å². The molecule has 1 saturated heterocycles. The van der Waals surface area contributed by atoms with E-state index in [4.69, 9.17) is 0 Å². The SMILES string of the molecule is Cc1ccc(C(=O)N2CCN(c3ccc(C)nn3)CC2)c(C)c1. The molecule has 5 heteroatoms. The molecule has 1 aromatic heterocycles. The van der Waals surface area contributed by atoms with E-state index in [1.165, 1.54) is 5.56 Å². The van der Waals surface area contributed by atoms with Gasteiger partial charge in [-0.15, -0.1) is 5.10 Å². The maximum absolute atomic E-state index is 12.7. The van der Waals surface area contributed by atoms with Crippen LogP contribution in [0, 0.1) is 20.8 Å². The minimum atomic E-state index is 0.122. The van der Waals surface area contributed by atoms with Crippen molar-refractivity contribution in [2.24, 2.45) is 0 Å². The van der Waals surface area contributed by atoms with Gasteiger partial charge in [-0.25, -0.2) is 0 Å². The van der Waals surface area contributed by atoms with Crippen molar-refractivity contribution >= 4 is 11.7 Å². The summed E-state index contributed by atoms with van der Waals surface area (Å²) >= 11 is 0. The standard InChI is InChI=1S/C18H22N4O/c1-13-4-6-16(14(2)12-13)18(23)22-10-8-21(9-11-22)17-7-5-15(3)19-20-17/h4-7,12H,8-11H2,1-3H3. The van der Waals surface area contributed by atoms with Gasteiger partial charge in [-0.2, -0.15) is 5.10 Å². The number of hydrogen-bond acceptors (Lipinski definition) is 4. The fourth-order valence-electron chi connectivity index (χ4n) is 2.92. The van der Waals surface area contributed by atoms with Gasteiger partial charge < -0.3 is 9.80 Å². The molecule has 2 aromatic rings. The van der Waals surface area contributed by atoms with Crippen LogP contribution in [0.3, 0.4) is 0 Å². The summed E-state index contributed by atoms with van der Waals surface area (Å²) in [6.45, 7) is 8.96. The molecule has 0 unspecified atom stereocenters. The van der Waals surface area contributed by atoms with Gasteiger partial charge in [0.15, 0.2) is 5.82 Å². The topological polar surface area (TPSA) is 49.3 Å². The maximum atomic E-state index is 12.7. The maximum Gasteiger partial charge on any atom is 0.254 e. The van der Waals surface area contributed by atoms with E-state index < -0.39 is 0 Å². The Kier molecular flexibility index (Phi) is 4.28. The first-order valence-electron chi connectivity index (χ1n) is 7.96. The van der Waals surface area contributed by atoms with Crippen molar-refractivity contribution in [3.63, 3.8) is 0 Å². The predicted octanol–water partition coefficient (Wildman–Crippen LogP) is 2.36. The first-order chi connectivity index (χ1) is 11.0. The molecule has 1 aliphatic rings. The average Bonchev–Trinajstić information content (AvgIpc) is 2.55. The van der Waals surface area contributed by atoms with Gasteiger partial charge in [0.05, 0.1) is 5.69 Å². The zero-order valence-corrected chi connectivity index (χ0v) is 13.9. The first kappa shape index (κ1) is 15.5. The van der Waals surface area contributed by atoms with Gasteiger partial charge in [-0.1, -0.05) is 17.7 Å². The lowest BCUT2D eigenvalue weighted by Crippen LogP contribution is -2.49. The van der Waals surface area contributed by atoms with Crippen LogP contribution in [-0.4, -0.2) is 47.2 Å². The molecule has 2 heterocycles. The van der Waals surface area contributed by atoms with Crippen LogP contribution < -0.4 is 4.90 Å². The van der Waals surface area contributed by atoms with Gasteiger partial charge in [0.25, 0.3) is 5.91 Å². The van der Waals surface area contributed by atoms with Crippen LogP contribution in [0.2, 0.25) is 0 Å². The van der Waals surface area contributed by atoms with Crippen molar-refractivity contribution in [2.75, 3.05) is 31.1 Å². The van der Waals surface area contributed by atoms with E-state index in [0.717, 1.165) is 35.7 Å². The van der Waals surface area contributed by atoms with Gasteiger partial charge in [0, 0.05) is 31.7 Å². The van der Waals surface area contributed by atoms with Crippen LogP contribution in [0.4, 0.5) is 5.82 Å². The Morgan fingerprint density at radius 2 is 1.70 bits per heavy atom. The molecule has 3 rings (SSSR count). The minimum absolute atomic E-state index is 0.122. The number of anilines is 1. The average molecular weight is 310 g/mol. The summed E-state index contributed by atoms with van der Waals surface area (Å²) in [5.74, 6) is 1.01. The highest BCUT2D eigenvalue weighted by atomic mass is 16.2. The highest BCUT2D eigenvalue weighted by molar-refractivity contribution is 5.95. The molecule has 1 aliphatic heterocycles. The first-order valence-corrected chi connectivity index (χ1v) is 7.96. The molecule has 1 amide bonds. The van der Waals surface area contributed by atoms with E-state index in [-0.39, 0.29) is 5.91 Å². The molecule has 0 aliphatic carbocycles. The monoisotopic (exact) mass is 310 g/mol. The number of piperazine rings is 1. The molecule has 0 radical (unpaired) electrons. The Labute approximate surface area is 136 Å². The van der Waals surface area contributed by atoms with E-state index in [0.29, 0.717) is 13.1 Å². The van der Waals surface area contributed by atoms with Crippen LogP contribution in [0.15, 0.2) is 30.3 Å². The Bertz CT molecular complexity index is 703. The van der Waals surface area contributed by atoms with Gasteiger partial charge in [0.1, 0.15) is 0 Å². The van der Waals surface area contributed by atoms with E-state index in [9.17, 15) is 4.79 Å². The summed E-state index contributed by atoms with van der Waals surface area (Å²) < 4.78 is 0. The van der Waals surface area contributed by atoms with Crippen molar-refractivity contribution in [2.45, 2.75) is 20.8 Å². The Morgan fingerprint density at radius 3 is 2.30 bits per heavy atom. The molecule has 5 nitrogen and oxygen atoms in total. The van der Waals surface area contributed by atoms with E-state index in [1.54, 1.807) is 0 Å². The van der Waals surface area contributed by atoms with Crippen molar-refractivity contribution in [1.29, 1.82) is 0 Å². The van der Waals surface area contributed by atoms with Crippen LogP contribution >= 0.6 is 0 Å². The third kappa shape index (κ3) is 3.33. The molecule has 0 saturated carbocycles.